The predicted octanol–water partition coefficient (Wildman–Crippen LogP) is 7.57. The van der Waals surface area contributed by atoms with Crippen LogP contribution < -0.4 is 10.4 Å². The van der Waals surface area contributed by atoms with Gasteiger partial charge in [0.15, 0.2) is 0 Å². The number of hydrogen-bond acceptors (Lipinski definition) is 3. The number of fused-ring (bicyclic) bond motifs is 11. The van der Waals surface area contributed by atoms with Gasteiger partial charge in [0.05, 0.1) is 12.5 Å². The van der Waals surface area contributed by atoms with Crippen molar-refractivity contribution in [3.05, 3.63) is 101 Å². The van der Waals surface area contributed by atoms with E-state index in [-0.39, 0.29) is 5.63 Å². The van der Waals surface area contributed by atoms with E-state index < -0.39 is 0 Å². The molecule has 6 aromatic carbocycles. The molecule has 0 amide bonds. The van der Waals surface area contributed by atoms with Gasteiger partial charge in [-0.15, -0.1) is 0 Å². The lowest BCUT2D eigenvalue weighted by molar-refractivity contribution is 0.414. The van der Waals surface area contributed by atoms with Crippen molar-refractivity contribution in [2.75, 3.05) is 7.11 Å². The molecule has 156 valence electrons. The van der Waals surface area contributed by atoms with Gasteiger partial charge in [0, 0.05) is 16.8 Å². The van der Waals surface area contributed by atoms with E-state index in [2.05, 4.69) is 66.7 Å². The lowest BCUT2D eigenvalue weighted by Gasteiger charge is -2.12. The van der Waals surface area contributed by atoms with Crippen LogP contribution in [0.25, 0.3) is 64.8 Å². The summed E-state index contributed by atoms with van der Waals surface area (Å²) >= 11 is 0. The second kappa shape index (κ2) is 6.57. The Kier molecular flexibility index (Phi) is 3.63. The highest BCUT2D eigenvalue weighted by Gasteiger charge is 2.14. The van der Waals surface area contributed by atoms with E-state index in [0.29, 0.717) is 16.7 Å². The molecule has 1 aromatic heterocycles. The minimum absolute atomic E-state index is 0.331. The quantitative estimate of drug-likeness (QED) is 0.201. The molecular weight excluding hydrogens is 408 g/mol. The minimum atomic E-state index is -0.331. The van der Waals surface area contributed by atoms with Crippen molar-refractivity contribution in [2.45, 2.75) is 0 Å². The molecule has 0 aliphatic rings. The summed E-state index contributed by atoms with van der Waals surface area (Å²) < 4.78 is 11.0. The third kappa shape index (κ3) is 2.48. The zero-order valence-electron chi connectivity index (χ0n) is 17.9. The van der Waals surface area contributed by atoms with Gasteiger partial charge in [-0.25, -0.2) is 4.79 Å². The van der Waals surface area contributed by atoms with E-state index in [0.717, 1.165) is 26.9 Å². The topological polar surface area (TPSA) is 39.4 Å². The number of ether oxygens (including phenoxy) is 1. The fourth-order valence-corrected chi connectivity index (χ4v) is 5.25. The van der Waals surface area contributed by atoms with Gasteiger partial charge in [-0.1, -0.05) is 72.8 Å². The SMILES string of the molecule is COc1ccc2c(c1)oc(=O)c1c2ccc2c3ccc4c5ccccc5ccc4c3ccc21. The molecule has 33 heavy (non-hydrogen) atoms. The largest absolute Gasteiger partial charge is 0.497 e. The van der Waals surface area contributed by atoms with Crippen LogP contribution in [-0.2, 0) is 0 Å². The van der Waals surface area contributed by atoms with Crippen molar-refractivity contribution in [2.24, 2.45) is 0 Å². The third-order valence-corrected chi connectivity index (χ3v) is 6.81. The van der Waals surface area contributed by atoms with E-state index in [9.17, 15) is 4.79 Å². The summed E-state index contributed by atoms with van der Waals surface area (Å²) in [5.74, 6) is 0.663. The van der Waals surface area contributed by atoms with Crippen LogP contribution in [0.5, 0.6) is 5.75 Å². The molecular formula is C30H18O3. The molecule has 1 heterocycles. The Bertz CT molecular complexity index is 1980. The average Bonchev–Trinajstić information content (AvgIpc) is 2.87. The van der Waals surface area contributed by atoms with Crippen molar-refractivity contribution in [3.8, 4) is 5.75 Å². The summed E-state index contributed by atoms with van der Waals surface area (Å²) in [6, 6.07) is 31.1. The van der Waals surface area contributed by atoms with Crippen molar-refractivity contribution in [3.63, 3.8) is 0 Å². The minimum Gasteiger partial charge on any atom is -0.497 e. The molecule has 7 rings (SSSR count). The number of methoxy groups -OCH3 is 1. The van der Waals surface area contributed by atoms with Crippen molar-refractivity contribution >= 4 is 64.8 Å². The van der Waals surface area contributed by atoms with E-state index >= 15 is 0 Å². The summed E-state index contributed by atoms with van der Waals surface area (Å²) in [5, 5.41) is 11.6. The fourth-order valence-electron chi connectivity index (χ4n) is 5.25. The van der Waals surface area contributed by atoms with Crippen molar-refractivity contribution < 1.29 is 9.15 Å². The lowest BCUT2D eigenvalue weighted by Crippen LogP contribution is -2.01. The Morgan fingerprint density at radius 3 is 1.85 bits per heavy atom. The maximum absolute atomic E-state index is 13.1. The van der Waals surface area contributed by atoms with E-state index in [4.69, 9.17) is 9.15 Å². The molecule has 0 saturated carbocycles. The Labute approximate surface area is 188 Å². The smallest absolute Gasteiger partial charge is 0.344 e. The fraction of sp³-hybridized carbons (Fsp3) is 0.0333. The van der Waals surface area contributed by atoms with Gasteiger partial charge in [0.2, 0.25) is 0 Å². The van der Waals surface area contributed by atoms with Gasteiger partial charge in [-0.05, 0) is 55.2 Å². The highest BCUT2D eigenvalue weighted by atomic mass is 16.5. The standard InChI is InChI=1S/C30H18O3/c1-32-18-7-9-25-27-15-13-24-23-11-10-20-19-5-3-2-4-17(19)6-8-21(20)22(23)12-14-26(24)29(27)30(31)33-28(25)16-18/h2-16H,1H3. The normalized spacial score (nSPS) is 11.9. The van der Waals surface area contributed by atoms with Crippen LogP contribution in [0, 0.1) is 0 Å². The van der Waals surface area contributed by atoms with E-state index in [1.807, 2.05) is 18.2 Å². The maximum Gasteiger partial charge on any atom is 0.344 e. The van der Waals surface area contributed by atoms with E-state index in [1.165, 1.54) is 26.9 Å². The molecule has 0 saturated heterocycles. The highest BCUT2D eigenvalue weighted by molar-refractivity contribution is 6.26. The van der Waals surface area contributed by atoms with Gasteiger partial charge in [0.1, 0.15) is 11.3 Å². The molecule has 0 spiro atoms. The predicted molar refractivity (Wildman–Crippen MR) is 137 cm³/mol. The average molecular weight is 426 g/mol. The van der Waals surface area contributed by atoms with Crippen LogP contribution >= 0.6 is 0 Å². The molecule has 3 heteroatoms. The first-order chi connectivity index (χ1) is 16.2. The van der Waals surface area contributed by atoms with Crippen LogP contribution in [0.2, 0.25) is 0 Å². The van der Waals surface area contributed by atoms with Crippen LogP contribution in [0.4, 0.5) is 0 Å². The first-order valence-electron chi connectivity index (χ1n) is 10.9. The summed E-state index contributed by atoms with van der Waals surface area (Å²) in [4.78, 5) is 13.1. The first kappa shape index (κ1) is 18.2. The summed E-state index contributed by atoms with van der Waals surface area (Å²) in [6.07, 6.45) is 0. The molecule has 7 aromatic rings. The Balaban J connectivity index is 1.61. The molecule has 0 atom stereocenters. The maximum atomic E-state index is 13.1. The molecule has 0 aliphatic carbocycles. The van der Waals surface area contributed by atoms with Gasteiger partial charge in [0.25, 0.3) is 0 Å². The van der Waals surface area contributed by atoms with Crippen LogP contribution in [0.15, 0.2) is 100 Å². The lowest BCUT2D eigenvalue weighted by atomic mass is 9.92. The Morgan fingerprint density at radius 1 is 0.576 bits per heavy atom. The van der Waals surface area contributed by atoms with Gasteiger partial charge < -0.3 is 9.15 Å². The molecule has 0 unspecified atom stereocenters. The number of benzene rings is 6. The second-order valence-corrected chi connectivity index (χ2v) is 8.44. The molecule has 0 bridgehead atoms. The van der Waals surface area contributed by atoms with Crippen molar-refractivity contribution in [1.29, 1.82) is 0 Å². The monoisotopic (exact) mass is 426 g/mol. The summed E-state index contributed by atoms with van der Waals surface area (Å²) in [7, 11) is 1.60. The zero-order chi connectivity index (χ0) is 22.1. The molecule has 3 nitrogen and oxygen atoms in total. The van der Waals surface area contributed by atoms with Crippen LogP contribution in [0.3, 0.4) is 0 Å². The molecule has 0 radical (unpaired) electrons. The summed E-state index contributed by atoms with van der Waals surface area (Å²) in [5.41, 5.74) is 0.201. The van der Waals surface area contributed by atoms with Crippen LogP contribution in [0.1, 0.15) is 0 Å². The van der Waals surface area contributed by atoms with Crippen LogP contribution in [-0.4, -0.2) is 7.11 Å². The Hall–Kier alpha value is -4.37. The third-order valence-electron chi connectivity index (χ3n) is 6.81. The summed E-state index contributed by atoms with van der Waals surface area (Å²) in [6.45, 7) is 0. The molecule has 0 N–H and O–H groups in total. The van der Waals surface area contributed by atoms with E-state index in [1.54, 1.807) is 13.2 Å². The first-order valence-corrected chi connectivity index (χ1v) is 10.9. The molecule has 0 aliphatic heterocycles. The van der Waals surface area contributed by atoms with Gasteiger partial charge >= 0.3 is 5.63 Å². The zero-order valence-corrected chi connectivity index (χ0v) is 17.9. The van der Waals surface area contributed by atoms with Crippen molar-refractivity contribution in [1.82, 2.24) is 0 Å². The Morgan fingerprint density at radius 2 is 1.12 bits per heavy atom. The second-order valence-electron chi connectivity index (χ2n) is 8.44. The number of rotatable bonds is 1. The van der Waals surface area contributed by atoms with Gasteiger partial charge in [-0.2, -0.15) is 0 Å². The highest BCUT2D eigenvalue weighted by Crippen LogP contribution is 2.37. The molecule has 0 fully saturated rings. The number of hydrogen-bond donors (Lipinski definition) is 0. The van der Waals surface area contributed by atoms with Gasteiger partial charge in [-0.3, -0.25) is 0 Å².